The fourth-order valence-electron chi connectivity index (χ4n) is 2.90. The topological polar surface area (TPSA) is 41.1 Å². The zero-order valence-electron chi connectivity index (χ0n) is 11.8. The van der Waals surface area contributed by atoms with Crippen molar-refractivity contribution in [1.82, 2.24) is 5.32 Å². The Labute approximate surface area is 119 Å². The van der Waals surface area contributed by atoms with Gasteiger partial charge in [0.05, 0.1) is 6.54 Å². The minimum absolute atomic E-state index is 0.0510. The van der Waals surface area contributed by atoms with Crippen LogP contribution in [-0.4, -0.2) is 19.0 Å². The molecule has 2 aromatic rings. The lowest BCUT2D eigenvalue weighted by Crippen LogP contribution is -2.30. The van der Waals surface area contributed by atoms with Crippen LogP contribution in [0, 0.1) is 0 Å². The highest BCUT2D eigenvalue weighted by molar-refractivity contribution is 6.00. The normalized spacial score (nSPS) is 12.7. The number of nitrogens with one attached hydrogen (secondary N) is 2. The minimum Gasteiger partial charge on any atom is -0.376 e. The lowest BCUT2D eigenvalue weighted by atomic mass is 10.0. The van der Waals surface area contributed by atoms with E-state index < -0.39 is 0 Å². The molecule has 0 aliphatic heterocycles. The zero-order chi connectivity index (χ0) is 13.9. The molecule has 0 aromatic heterocycles. The van der Waals surface area contributed by atoms with Gasteiger partial charge < -0.3 is 10.6 Å². The van der Waals surface area contributed by atoms with E-state index in [0.717, 1.165) is 31.5 Å². The molecule has 2 aromatic carbocycles. The third-order valence-corrected chi connectivity index (χ3v) is 3.89. The molecule has 3 rings (SSSR count). The maximum Gasteiger partial charge on any atom is 0.239 e. The van der Waals surface area contributed by atoms with Gasteiger partial charge in [0.2, 0.25) is 5.91 Å². The Morgan fingerprint density at radius 3 is 2.75 bits per heavy atom. The van der Waals surface area contributed by atoms with Crippen LogP contribution in [0.4, 0.5) is 5.69 Å². The molecule has 0 saturated heterocycles. The van der Waals surface area contributed by atoms with Crippen LogP contribution >= 0.6 is 0 Å². The third kappa shape index (κ3) is 2.36. The molecule has 0 spiro atoms. The molecule has 20 heavy (non-hydrogen) atoms. The van der Waals surface area contributed by atoms with Crippen LogP contribution < -0.4 is 10.6 Å². The van der Waals surface area contributed by atoms with E-state index in [2.05, 4.69) is 47.9 Å². The van der Waals surface area contributed by atoms with Gasteiger partial charge in [0.25, 0.3) is 0 Å². The van der Waals surface area contributed by atoms with Crippen molar-refractivity contribution >= 4 is 22.4 Å². The average molecular weight is 268 g/mol. The molecule has 0 atom stereocenters. The Bertz CT molecular complexity index is 638. The number of benzene rings is 2. The molecule has 3 heteroatoms. The second-order valence-electron chi connectivity index (χ2n) is 5.32. The lowest BCUT2D eigenvalue weighted by Gasteiger charge is -2.11. The smallest absolute Gasteiger partial charge is 0.239 e. The Balaban J connectivity index is 1.81. The van der Waals surface area contributed by atoms with Gasteiger partial charge in [-0.25, -0.2) is 0 Å². The molecule has 0 unspecified atom stereocenters. The van der Waals surface area contributed by atoms with Gasteiger partial charge in [-0.15, -0.1) is 0 Å². The first-order valence-corrected chi connectivity index (χ1v) is 7.33. The summed E-state index contributed by atoms with van der Waals surface area (Å²) in [5, 5.41) is 8.77. The zero-order valence-corrected chi connectivity index (χ0v) is 11.8. The first-order chi connectivity index (χ1) is 9.79. The molecular weight excluding hydrogens is 248 g/mol. The van der Waals surface area contributed by atoms with E-state index >= 15 is 0 Å². The molecule has 0 saturated carbocycles. The van der Waals surface area contributed by atoms with Crippen LogP contribution in [0.2, 0.25) is 0 Å². The highest BCUT2D eigenvalue weighted by Crippen LogP contribution is 2.34. The third-order valence-electron chi connectivity index (χ3n) is 3.89. The van der Waals surface area contributed by atoms with Gasteiger partial charge in [-0.2, -0.15) is 0 Å². The van der Waals surface area contributed by atoms with E-state index in [9.17, 15) is 4.79 Å². The summed E-state index contributed by atoms with van der Waals surface area (Å²) in [5.74, 6) is 0.0510. The average Bonchev–Trinajstić information content (AvgIpc) is 2.90. The first kappa shape index (κ1) is 13.0. The molecule has 1 aliphatic carbocycles. The van der Waals surface area contributed by atoms with Crippen molar-refractivity contribution < 1.29 is 4.79 Å². The van der Waals surface area contributed by atoms with Crippen LogP contribution in [0.3, 0.4) is 0 Å². The van der Waals surface area contributed by atoms with Crippen LogP contribution in [0.5, 0.6) is 0 Å². The van der Waals surface area contributed by atoms with Gasteiger partial charge in [-0.3, -0.25) is 4.79 Å². The summed E-state index contributed by atoms with van der Waals surface area (Å²) < 4.78 is 0. The predicted molar refractivity (Wildman–Crippen MR) is 83.1 cm³/mol. The number of aryl methyl sites for hydroxylation is 2. The van der Waals surface area contributed by atoms with Crippen LogP contribution in [-0.2, 0) is 17.6 Å². The van der Waals surface area contributed by atoms with Gasteiger partial charge in [0.1, 0.15) is 0 Å². The predicted octanol–water partition coefficient (Wildman–Crippen LogP) is 2.88. The van der Waals surface area contributed by atoms with Gasteiger partial charge >= 0.3 is 0 Å². The summed E-state index contributed by atoms with van der Waals surface area (Å²) >= 11 is 0. The molecule has 3 nitrogen and oxygen atoms in total. The lowest BCUT2D eigenvalue weighted by molar-refractivity contribution is -0.119. The molecule has 2 N–H and O–H groups in total. The van der Waals surface area contributed by atoms with E-state index in [-0.39, 0.29) is 5.91 Å². The highest BCUT2D eigenvalue weighted by Gasteiger charge is 2.15. The van der Waals surface area contributed by atoms with E-state index in [1.54, 1.807) is 0 Å². The summed E-state index contributed by atoms with van der Waals surface area (Å²) in [4.78, 5) is 11.7. The summed E-state index contributed by atoms with van der Waals surface area (Å²) in [6.07, 6.45) is 3.23. The second-order valence-corrected chi connectivity index (χ2v) is 5.32. The number of hydrogen-bond donors (Lipinski definition) is 2. The molecule has 0 fully saturated rings. The maximum atomic E-state index is 11.7. The van der Waals surface area contributed by atoms with E-state index in [0.29, 0.717) is 6.54 Å². The summed E-state index contributed by atoms with van der Waals surface area (Å²) in [7, 11) is 0. The quantitative estimate of drug-likeness (QED) is 0.875. The molecule has 1 amide bonds. The standard InChI is InChI=1S/C17H20N2O/c1-2-10-18-16(20)11-19-15-9-8-13-7-6-12-4-3-5-14(15)17(12)13/h3-5,8-9,19H,2,6-7,10-11H2,1H3,(H,18,20). The summed E-state index contributed by atoms with van der Waals surface area (Å²) in [6.45, 7) is 3.12. The molecule has 0 radical (unpaired) electrons. The Hall–Kier alpha value is -2.03. The van der Waals surface area contributed by atoms with Crippen molar-refractivity contribution in [2.45, 2.75) is 26.2 Å². The fourth-order valence-corrected chi connectivity index (χ4v) is 2.90. The van der Waals surface area contributed by atoms with Crippen LogP contribution in [0.15, 0.2) is 30.3 Å². The van der Waals surface area contributed by atoms with Gasteiger partial charge in [-0.1, -0.05) is 31.2 Å². The number of amides is 1. The van der Waals surface area contributed by atoms with Crippen molar-refractivity contribution in [3.8, 4) is 0 Å². The summed E-state index contributed by atoms with van der Waals surface area (Å²) in [5.41, 5.74) is 3.91. The van der Waals surface area contributed by atoms with Gasteiger partial charge in [0, 0.05) is 17.6 Å². The van der Waals surface area contributed by atoms with Crippen molar-refractivity contribution in [2.75, 3.05) is 18.4 Å². The number of hydrogen-bond acceptors (Lipinski definition) is 2. The number of rotatable bonds is 5. The Kier molecular flexibility index (Phi) is 3.59. The largest absolute Gasteiger partial charge is 0.376 e. The van der Waals surface area contributed by atoms with Crippen molar-refractivity contribution in [3.63, 3.8) is 0 Å². The molecule has 0 bridgehead atoms. The fraction of sp³-hybridized carbons (Fsp3) is 0.353. The summed E-state index contributed by atoms with van der Waals surface area (Å²) in [6, 6.07) is 10.7. The first-order valence-electron chi connectivity index (χ1n) is 7.33. The van der Waals surface area contributed by atoms with Gasteiger partial charge in [-0.05, 0) is 41.8 Å². The molecular formula is C17H20N2O. The van der Waals surface area contributed by atoms with Crippen LogP contribution in [0.1, 0.15) is 24.5 Å². The van der Waals surface area contributed by atoms with Gasteiger partial charge in [0.15, 0.2) is 0 Å². The number of carbonyl (C=O) groups is 1. The number of anilines is 1. The number of carbonyl (C=O) groups excluding carboxylic acids is 1. The SMILES string of the molecule is CCCNC(=O)CNc1ccc2c3c(cccc13)CC2. The molecule has 0 heterocycles. The molecule has 1 aliphatic rings. The highest BCUT2D eigenvalue weighted by atomic mass is 16.1. The minimum atomic E-state index is 0.0510. The van der Waals surface area contributed by atoms with Crippen LogP contribution in [0.25, 0.3) is 10.8 Å². The van der Waals surface area contributed by atoms with Crippen molar-refractivity contribution in [2.24, 2.45) is 0 Å². The van der Waals surface area contributed by atoms with E-state index in [1.807, 2.05) is 0 Å². The van der Waals surface area contributed by atoms with Crippen molar-refractivity contribution in [1.29, 1.82) is 0 Å². The van der Waals surface area contributed by atoms with E-state index in [1.165, 1.54) is 21.9 Å². The maximum absolute atomic E-state index is 11.7. The molecule has 104 valence electrons. The second kappa shape index (κ2) is 5.53. The van der Waals surface area contributed by atoms with Crippen molar-refractivity contribution in [3.05, 3.63) is 41.5 Å². The monoisotopic (exact) mass is 268 g/mol. The Morgan fingerprint density at radius 1 is 1.15 bits per heavy atom. The Morgan fingerprint density at radius 2 is 1.95 bits per heavy atom. The van der Waals surface area contributed by atoms with E-state index in [4.69, 9.17) is 0 Å².